The molecular weight excluding hydrogens is 273 g/mol. The molecule has 0 aromatic heterocycles. The molecule has 0 N–H and O–H groups in total. The Kier molecular flexibility index (Phi) is 4.48. The smallest absolute Gasteiger partial charge is 0.241 e. The molecule has 0 fully saturated rings. The molecule has 1 aromatic carbocycles. The van der Waals surface area contributed by atoms with Gasteiger partial charge in [0.1, 0.15) is 0 Å². The van der Waals surface area contributed by atoms with Gasteiger partial charge in [0.05, 0.1) is 0 Å². The molecule has 15 heavy (non-hydrogen) atoms. The molecular formula is C10H12Cl3NS. The first-order chi connectivity index (χ1) is 6.79. The third-order valence-electron chi connectivity index (χ3n) is 1.90. The normalized spacial score (nSPS) is 11.6. The first-order valence-electron chi connectivity index (χ1n) is 4.33. The minimum Gasteiger partial charge on any atom is -0.378 e. The van der Waals surface area contributed by atoms with Crippen LogP contribution in [0, 0.1) is 6.92 Å². The summed E-state index contributed by atoms with van der Waals surface area (Å²) in [5.41, 5.74) is 2.25. The van der Waals surface area contributed by atoms with E-state index >= 15 is 0 Å². The molecule has 84 valence electrons. The van der Waals surface area contributed by atoms with Crippen LogP contribution in [0.15, 0.2) is 23.1 Å². The van der Waals surface area contributed by atoms with Crippen LogP contribution in [0.1, 0.15) is 5.56 Å². The molecule has 0 atom stereocenters. The zero-order valence-corrected chi connectivity index (χ0v) is 11.8. The second kappa shape index (κ2) is 5.05. The van der Waals surface area contributed by atoms with Crippen LogP contribution < -0.4 is 4.90 Å². The Balaban J connectivity index is 2.94. The number of thioether (sulfide) groups is 1. The number of aryl methyl sites for hydroxylation is 1. The Morgan fingerprint density at radius 1 is 1.20 bits per heavy atom. The van der Waals surface area contributed by atoms with Gasteiger partial charge < -0.3 is 4.90 Å². The van der Waals surface area contributed by atoms with Crippen LogP contribution in [0.25, 0.3) is 0 Å². The van der Waals surface area contributed by atoms with Gasteiger partial charge in [-0.1, -0.05) is 46.6 Å². The van der Waals surface area contributed by atoms with Crippen molar-refractivity contribution >= 4 is 52.3 Å². The maximum Gasteiger partial charge on any atom is 0.241 e. The van der Waals surface area contributed by atoms with Gasteiger partial charge in [0.2, 0.25) is 3.12 Å². The van der Waals surface area contributed by atoms with Crippen LogP contribution >= 0.6 is 46.6 Å². The lowest BCUT2D eigenvalue weighted by Crippen LogP contribution is -2.08. The summed E-state index contributed by atoms with van der Waals surface area (Å²) in [5.74, 6) is 0. The highest BCUT2D eigenvalue weighted by Crippen LogP contribution is 2.44. The number of rotatable bonds is 2. The maximum absolute atomic E-state index is 5.73. The van der Waals surface area contributed by atoms with Crippen LogP contribution in [-0.2, 0) is 0 Å². The first kappa shape index (κ1) is 13.3. The van der Waals surface area contributed by atoms with E-state index in [4.69, 9.17) is 34.8 Å². The van der Waals surface area contributed by atoms with Gasteiger partial charge in [-0.3, -0.25) is 0 Å². The summed E-state index contributed by atoms with van der Waals surface area (Å²) < 4.78 is -1.30. The highest BCUT2D eigenvalue weighted by atomic mass is 35.6. The van der Waals surface area contributed by atoms with Crippen molar-refractivity contribution in [2.45, 2.75) is 14.9 Å². The van der Waals surface area contributed by atoms with E-state index in [9.17, 15) is 0 Å². The first-order valence-corrected chi connectivity index (χ1v) is 6.28. The zero-order valence-electron chi connectivity index (χ0n) is 8.72. The van der Waals surface area contributed by atoms with E-state index in [1.54, 1.807) is 0 Å². The van der Waals surface area contributed by atoms with Crippen molar-refractivity contribution in [2.75, 3.05) is 19.0 Å². The monoisotopic (exact) mass is 283 g/mol. The Morgan fingerprint density at radius 3 is 2.20 bits per heavy atom. The molecule has 0 spiro atoms. The second-order valence-electron chi connectivity index (χ2n) is 3.39. The molecule has 0 aliphatic carbocycles. The van der Waals surface area contributed by atoms with E-state index in [-0.39, 0.29) is 0 Å². The van der Waals surface area contributed by atoms with Gasteiger partial charge in [-0.2, -0.15) is 0 Å². The van der Waals surface area contributed by atoms with Crippen molar-refractivity contribution in [1.82, 2.24) is 0 Å². The van der Waals surface area contributed by atoms with Crippen molar-refractivity contribution in [3.8, 4) is 0 Å². The minimum atomic E-state index is -1.30. The Morgan fingerprint density at radius 2 is 1.80 bits per heavy atom. The quantitative estimate of drug-likeness (QED) is 0.582. The number of halogens is 3. The van der Waals surface area contributed by atoms with E-state index in [1.807, 2.05) is 38.1 Å². The van der Waals surface area contributed by atoms with Crippen molar-refractivity contribution in [3.63, 3.8) is 0 Å². The summed E-state index contributed by atoms with van der Waals surface area (Å²) in [6.07, 6.45) is 0. The van der Waals surface area contributed by atoms with Gasteiger partial charge >= 0.3 is 0 Å². The number of nitrogens with zero attached hydrogens (tertiary/aromatic N) is 1. The number of alkyl halides is 3. The Labute approximate surface area is 110 Å². The molecule has 0 saturated heterocycles. The molecule has 0 aliphatic heterocycles. The summed E-state index contributed by atoms with van der Waals surface area (Å²) in [6, 6.07) is 6.04. The number of benzene rings is 1. The van der Waals surface area contributed by atoms with Crippen LogP contribution in [0.4, 0.5) is 5.69 Å². The molecule has 0 heterocycles. The summed E-state index contributed by atoms with van der Waals surface area (Å²) in [4.78, 5) is 3.03. The van der Waals surface area contributed by atoms with E-state index < -0.39 is 3.12 Å². The molecule has 0 radical (unpaired) electrons. The van der Waals surface area contributed by atoms with E-state index in [0.29, 0.717) is 0 Å². The van der Waals surface area contributed by atoms with Crippen LogP contribution in [0.5, 0.6) is 0 Å². The fourth-order valence-corrected chi connectivity index (χ4v) is 2.50. The highest BCUT2D eigenvalue weighted by Gasteiger charge is 2.22. The second-order valence-corrected chi connectivity index (χ2v) is 7.60. The van der Waals surface area contributed by atoms with Gasteiger partial charge in [-0.15, -0.1) is 0 Å². The molecule has 0 amide bonds. The predicted octanol–water partition coefficient (Wildman–Crippen LogP) is 4.48. The van der Waals surface area contributed by atoms with E-state index in [2.05, 4.69) is 6.07 Å². The van der Waals surface area contributed by atoms with Crippen molar-refractivity contribution in [3.05, 3.63) is 23.8 Å². The fourth-order valence-electron chi connectivity index (χ4n) is 1.15. The zero-order chi connectivity index (χ0) is 11.6. The van der Waals surface area contributed by atoms with Gasteiger partial charge in [0, 0.05) is 24.7 Å². The van der Waals surface area contributed by atoms with Crippen LogP contribution in [0.3, 0.4) is 0 Å². The van der Waals surface area contributed by atoms with Crippen molar-refractivity contribution < 1.29 is 0 Å². The summed E-state index contributed by atoms with van der Waals surface area (Å²) >= 11 is 18.4. The molecule has 0 saturated carbocycles. The standard InChI is InChI=1S/C10H12Cl3NS/c1-7-6-8(14(2)3)4-5-9(7)15-10(11,12)13/h4-6H,1-3H3. The van der Waals surface area contributed by atoms with Crippen LogP contribution in [-0.4, -0.2) is 17.2 Å². The lowest BCUT2D eigenvalue weighted by Gasteiger charge is -2.16. The highest BCUT2D eigenvalue weighted by molar-refractivity contribution is 8.04. The SMILES string of the molecule is Cc1cc(N(C)C)ccc1SC(Cl)(Cl)Cl. The average Bonchev–Trinajstić information content (AvgIpc) is 2.05. The topological polar surface area (TPSA) is 3.24 Å². The Bertz CT molecular complexity index is 347. The fraction of sp³-hybridized carbons (Fsp3) is 0.400. The average molecular weight is 285 g/mol. The molecule has 1 aromatic rings. The number of hydrogen-bond acceptors (Lipinski definition) is 2. The molecule has 0 aliphatic rings. The third kappa shape index (κ3) is 4.31. The summed E-state index contributed by atoms with van der Waals surface area (Å²) in [5, 5.41) is 0. The molecule has 0 bridgehead atoms. The number of hydrogen-bond donors (Lipinski definition) is 0. The van der Waals surface area contributed by atoms with E-state index in [1.165, 1.54) is 11.8 Å². The maximum atomic E-state index is 5.73. The molecule has 1 nitrogen and oxygen atoms in total. The predicted molar refractivity (Wildman–Crippen MR) is 71.7 cm³/mol. The van der Waals surface area contributed by atoms with Crippen molar-refractivity contribution in [1.29, 1.82) is 0 Å². The van der Waals surface area contributed by atoms with E-state index in [0.717, 1.165) is 16.1 Å². The van der Waals surface area contributed by atoms with Gasteiger partial charge in [-0.05, 0) is 30.7 Å². The summed E-state index contributed by atoms with van der Waals surface area (Å²) in [7, 11) is 3.99. The summed E-state index contributed by atoms with van der Waals surface area (Å²) in [6.45, 7) is 2.01. The molecule has 5 heteroatoms. The third-order valence-corrected chi connectivity index (χ3v) is 3.50. The van der Waals surface area contributed by atoms with Crippen LogP contribution in [0.2, 0.25) is 0 Å². The lowest BCUT2D eigenvalue weighted by molar-refractivity contribution is 1.12. The Hall–Kier alpha value is 0.240. The van der Waals surface area contributed by atoms with Crippen molar-refractivity contribution in [2.24, 2.45) is 0 Å². The molecule has 1 rings (SSSR count). The molecule has 0 unspecified atom stereocenters. The number of anilines is 1. The lowest BCUT2D eigenvalue weighted by atomic mass is 10.2. The van der Waals surface area contributed by atoms with Gasteiger partial charge in [-0.25, -0.2) is 0 Å². The van der Waals surface area contributed by atoms with Gasteiger partial charge in [0.25, 0.3) is 0 Å². The largest absolute Gasteiger partial charge is 0.378 e. The minimum absolute atomic E-state index is 0.987. The van der Waals surface area contributed by atoms with Gasteiger partial charge in [0.15, 0.2) is 0 Å².